The second kappa shape index (κ2) is 6.59. The lowest BCUT2D eigenvalue weighted by Gasteiger charge is -2.13. The molecule has 0 saturated heterocycles. The van der Waals surface area contributed by atoms with Crippen molar-refractivity contribution in [2.45, 2.75) is 32.6 Å². The van der Waals surface area contributed by atoms with Gasteiger partial charge in [-0.25, -0.2) is 0 Å². The number of benzene rings is 2. The van der Waals surface area contributed by atoms with Gasteiger partial charge in [-0.15, -0.1) is 0 Å². The highest BCUT2D eigenvalue weighted by Crippen LogP contribution is 2.36. The lowest BCUT2D eigenvalue weighted by Crippen LogP contribution is -2.22. The number of fused-ring (bicyclic) bond motifs is 1. The molecule has 0 fully saturated rings. The van der Waals surface area contributed by atoms with Crippen molar-refractivity contribution in [1.29, 1.82) is 0 Å². The minimum Gasteiger partial charge on any atom is -0.492 e. The molecular weight excluding hydrogens is 318 g/mol. The SMILES string of the molecule is Cc1cc2c(cc1C)C(C(=O)Nc1cccc(C(C)C(=O)O)c1)CO2. The van der Waals surface area contributed by atoms with Crippen molar-refractivity contribution in [3.05, 3.63) is 58.7 Å². The molecule has 5 heteroatoms. The second-order valence-corrected chi connectivity index (χ2v) is 6.51. The van der Waals surface area contributed by atoms with Gasteiger partial charge in [-0.1, -0.05) is 18.2 Å². The van der Waals surface area contributed by atoms with Crippen molar-refractivity contribution in [2.24, 2.45) is 0 Å². The van der Waals surface area contributed by atoms with Crippen LogP contribution >= 0.6 is 0 Å². The number of nitrogens with one attached hydrogen (secondary N) is 1. The summed E-state index contributed by atoms with van der Waals surface area (Å²) < 4.78 is 5.66. The molecule has 1 aliphatic rings. The third-order valence-corrected chi connectivity index (χ3v) is 4.75. The van der Waals surface area contributed by atoms with Crippen molar-refractivity contribution in [3.63, 3.8) is 0 Å². The number of rotatable bonds is 4. The van der Waals surface area contributed by atoms with E-state index in [0.29, 0.717) is 17.9 Å². The van der Waals surface area contributed by atoms with Crippen molar-refractivity contribution in [1.82, 2.24) is 0 Å². The van der Waals surface area contributed by atoms with E-state index in [9.17, 15) is 9.59 Å². The van der Waals surface area contributed by atoms with E-state index in [4.69, 9.17) is 9.84 Å². The number of ether oxygens (including phenoxy) is 1. The number of hydrogen-bond acceptors (Lipinski definition) is 3. The van der Waals surface area contributed by atoms with E-state index in [0.717, 1.165) is 22.4 Å². The molecule has 0 bridgehead atoms. The van der Waals surface area contributed by atoms with Crippen LogP contribution in [0, 0.1) is 13.8 Å². The number of aryl methyl sites for hydroxylation is 2. The first kappa shape index (κ1) is 17.0. The molecule has 5 nitrogen and oxygen atoms in total. The minimum absolute atomic E-state index is 0.151. The van der Waals surface area contributed by atoms with E-state index < -0.39 is 11.9 Å². The fourth-order valence-electron chi connectivity index (χ4n) is 2.95. The normalized spacial score (nSPS) is 16.7. The summed E-state index contributed by atoms with van der Waals surface area (Å²) in [5, 5.41) is 12.0. The lowest BCUT2D eigenvalue weighted by molar-refractivity contribution is -0.138. The number of anilines is 1. The Labute approximate surface area is 146 Å². The average Bonchev–Trinajstić information content (AvgIpc) is 2.97. The number of carboxylic acids is 1. The van der Waals surface area contributed by atoms with Gasteiger partial charge in [0.15, 0.2) is 0 Å². The first-order valence-corrected chi connectivity index (χ1v) is 8.24. The van der Waals surface area contributed by atoms with Gasteiger partial charge in [-0.2, -0.15) is 0 Å². The van der Waals surface area contributed by atoms with E-state index in [1.807, 2.05) is 26.0 Å². The maximum atomic E-state index is 12.7. The quantitative estimate of drug-likeness (QED) is 0.892. The highest BCUT2D eigenvalue weighted by molar-refractivity contribution is 5.97. The van der Waals surface area contributed by atoms with Crippen molar-refractivity contribution in [3.8, 4) is 5.75 Å². The summed E-state index contributed by atoms with van der Waals surface area (Å²) in [5.74, 6) is -1.28. The Morgan fingerprint density at radius 1 is 1.20 bits per heavy atom. The van der Waals surface area contributed by atoms with Crippen LogP contribution in [-0.4, -0.2) is 23.6 Å². The lowest BCUT2D eigenvalue weighted by atomic mass is 9.96. The molecule has 130 valence electrons. The van der Waals surface area contributed by atoms with E-state index >= 15 is 0 Å². The van der Waals surface area contributed by atoms with Gasteiger partial charge in [0.25, 0.3) is 0 Å². The number of hydrogen-bond donors (Lipinski definition) is 2. The van der Waals surface area contributed by atoms with Gasteiger partial charge >= 0.3 is 5.97 Å². The summed E-state index contributed by atoms with van der Waals surface area (Å²) >= 11 is 0. The Hall–Kier alpha value is -2.82. The Morgan fingerprint density at radius 3 is 2.64 bits per heavy atom. The monoisotopic (exact) mass is 339 g/mol. The topological polar surface area (TPSA) is 75.6 Å². The molecule has 0 spiro atoms. The summed E-state index contributed by atoms with van der Waals surface area (Å²) in [6, 6.07) is 10.9. The van der Waals surface area contributed by atoms with Gasteiger partial charge in [0.05, 0.1) is 5.92 Å². The van der Waals surface area contributed by atoms with Crippen LogP contribution < -0.4 is 10.1 Å². The van der Waals surface area contributed by atoms with Crippen LogP contribution in [0.2, 0.25) is 0 Å². The molecular formula is C20H21NO4. The Bertz CT molecular complexity index is 844. The maximum absolute atomic E-state index is 12.7. The molecule has 0 radical (unpaired) electrons. The van der Waals surface area contributed by atoms with Gasteiger partial charge in [0.1, 0.15) is 18.3 Å². The fraction of sp³-hybridized carbons (Fsp3) is 0.300. The highest BCUT2D eigenvalue weighted by Gasteiger charge is 2.31. The molecule has 2 N–H and O–H groups in total. The molecule has 0 aliphatic carbocycles. The molecule has 1 amide bonds. The van der Waals surface area contributed by atoms with Crippen LogP contribution in [0.1, 0.15) is 41.0 Å². The molecule has 1 heterocycles. The first-order chi connectivity index (χ1) is 11.9. The van der Waals surface area contributed by atoms with Gasteiger partial charge in [0.2, 0.25) is 5.91 Å². The predicted molar refractivity (Wildman–Crippen MR) is 95.3 cm³/mol. The molecule has 0 saturated carbocycles. The third kappa shape index (κ3) is 3.36. The number of carboxylic acid groups (broad SMARTS) is 1. The molecule has 3 rings (SSSR count). The van der Waals surface area contributed by atoms with Crippen LogP contribution in [0.25, 0.3) is 0 Å². The van der Waals surface area contributed by atoms with E-state index in [2.05, 4.69) is 5.32 Å². The Balaban J connectivity index is 1.80. The molecule has 1 aliphatic heterocycles. The van der Waals surface area contributed by atoms with Crippen molar-refractivity contribution >= 4 is 17.6 Å². The summed E-state index contributed by atoms with van der Waals surface area (Å²) in [7, 11) is 0. The van der Waals surface area contributed by atoms with Gasteiger partial charge in [-0.05, 0) is 55.7 Å². The van der Waals surface area contributed by atoms with E-state index in [-0.39, 0.29) is 11.8 Å². The molecule has 0 aromatic heterocycles. The number of carbonyl (C=O) groups is 2. The molecule has 2 atom stereocenters. The molecule has 2 unspecified atom stereocenters. The average molecular weight is 339 g/mol. The minimum atomic E-state index is -0.896. The predicted octanol–water partition coefficient (Wildman–Crippen LogP) is 3.61. The van der Waals surface area contributed by atoms with Gasteiger partial charge in [0, 0.05) is 11.3 Å². The summed E-state index contributed by atoms with van der Waals surface area (Å²) in [6.45, 7) is 5.96. The maximum Gasteiger partial charge on any atom is 0.310 e. The number of amides is 1. The fourth-order valence-corrected chi connectivity index (χ4v) is 2.95. The van der Waals surface area contributed by atoms with Gasteiger partial charge < -0.3 is 15.2 Å². The second-order valence-electron chi connectivity index (χ2n) is 6.51. The largest absolute Gasteiger partial charge is 0.492 e. The summed E-state index contributed by atoms with van der Waals surface area (Å²) in [5.41, 5.74) is 4.40. The zero-order valence-electron chi connectivity index (χ0n) is 14.5. The van der Waals surface area contributed by atoms with Crippen LogP contribution in [0.5, 0.6) is 5.75 Å². The van der Waals surface area contributed by atoms with Crippen molar-refractivity contribution in [2.75, 3.05) is 11.9 Å². The Kier molecular flexibility index (Phi) is 4.49. The molecule has 25 heavy (non-hydrogen) atoms. The zero-order valence-corrected chi connectivity index (χ0v) is 14.5. The smallest absolute Gasteiger partial charge is 0.310 e. The van der Waals surface area contributed by atoms with Crippen molar-refractivity contribution < 1.29 is 19.4 Å². The van der Waals surface area contributed by atoms with Crippen LogP contribution in [-0.2, 0) is 9.59 Å². The van der Waals surface area contributed by atoms with Crippen LogP contribution in [0.4, 0.5) is 5.69 Å². The molecule has 2 aromatic carbocycles. The third-order valence-electron chi connectivity index (χ3n) is 4.75. The van der Waals surface area contributed by atoms with Crippen LogP contribution in [0.3, 0.4) is 0 Å². The molecule has 2 aromatic rings. The Morgan fingerprint density at radius 2 is 1.92 bits per heavy atom. The van der Waals surface area contributed by atoms with Crippen LogP contribution in [0.15, 0.2) is 36.4 Å². The summed E-state index contributed by atoms with van der Waals surface area (Å²) in [4.78, 5) is 23.8. The van der Waals surface area contributed by atoms with E-state index in [1.54, 1.807) is 31.2 Å². The highest BCUT2D eigenvalue weighted by atomic mass is 16.5. The first-order valence-electron chi connectivity index (χ1n) is 8.24. The standard InChI is InChI=1S/C20H21NO4/c1-11-7-16-17(10-25-18(16)8-12(11)2)19(22)21-15-6-4-5-14(9-15)13(3)20(23)24/h4-9,13,17H,10H2,1-3H3,(H,21,22)(H,23,24). The number of carbonyl (C=O) groups excluding carboxylic acids is 1. The summed E-state index contributed by atoms with van der Waals surface area (Å²) in [6.07, 6.45) is 0. The number of aliphatic carboxylic acids is 1. The van der Waals surface area contributed by atoms with Gasteiger partial charge in [-0.3, -0.25) is 9.59 Å². The van der Waals surface area contributed by atoms with E-state index in [1.165, 1.54) is 0 Å². The zero-order chi connectivity index (χ0) is 18.1.